The van der Waals surface area contributed by atoms with Crippen LogP contribution in [0.5, 0.6) is 0 Å². The first-order valence-corrected chi connectivity index (χ1v) is 9.91. The lowest BCUT2D eigenvalue weighted by Gasteiger charge is -2.16. The van der Waals surface area contributed by atoms with Crippen molar-refractivity contribution in [3.63, 3.8) is 0 Å². The molecule has 1 fully saturated rings. The molecule has 7 heteroatoms. The van der Waals surface area contributed by atoms with E-state index in [1.165, 1.54) is 12.1 Å². The summed E-state index contributed by atoms with van der Waals surface area (Å²) < 4.78 is 28.1. The van der Waals surface area contributed by atoms with Gasteiger partial charge in [0, 0.05) is 28.8 Å². The van der Waals surface area contributed by atoms with Gasteiger partial charge in [-0.1, -0.05) is 28.1 Å². The largest absolute Gasteiger partial charge is 0.339 e. The summed E-state index contributed by atoms with van der Waals surface area (Å²) in [5, 5.41) is 0. The van der Waals surface area contributed by atoms with Gasteiger partial charge in [-0.15, -0.1) is 0 Å². The standard InChI is InChI=1S/C17H17BrN2O3S/c18-14-6-4-8-16(12-14)24(22,23)19-15-7-3-5-13(11-15)17(21)20-9-1-2-10-20/h3-8,11-12,19H,1-2,9-10H2. The van der Waals surface area contributed by atoms with Crippen molar-refractivity contribution < 1.29 is 13.2 Å². The fourth-order valence-electron chi connectivity index (χ4n) is 2.67. The molecule has 1 saturated heterocycles. The number of nitrogens with one attached hydrogen (secondary N) is 1. The van der Waals surface area contributed by atoms with Gasteiger partial charge >= 0.3 is 0 Å². The molecule has 1 heterocycles. The highest BCUT2D eigenvalue weighted by atomic mass is 79.9. The van der Waals surface area contributed by atoms with Crippen LogP contribution in [0, 0.1) is 0 Å². The van der Waals surface area contributed by atoms with Crippen molar-refractivity contribution in [2.45, 2.75) is 17.7 Å². The van der Waals surface area contributed by atoms with E-state index in [1.807, 2.05) is 0 Å². The van der Waals surface area contributed by atoms with Gasteiger partial charge in [-0.2, -0.15) is 0 Å². The highest BCUT2D eigenvalue weighted by Gasteiger charge is 2.20. The van der Waals surface area contributed by atoms with Crippen LogP contribution < -0.4 is 4.72 Å². The Morgan fingerprint density at radius 2 is 1.75 bits per heavy atom. The Bertz CT molecular complexity index is 862. The quantitative estimate of drug-likeness (QED) is 0.841. The molecule has 0 aliphatic carbocycles. The van der Waals surface area contributed by atoms with Gasteiger partial charge in [-0.25, -0.2) is 8.42 Å². The van der Waals surface area contributed by atoms with E-state index < -0.39 is 10.0 Å². The molecule has 0 spiro atoms. The molecule has 1 amide bonds. The molecule has 0 bridgehead atoms. The molecule has 5 nitrogen and oxygen atoms in total. The van der Waals surface area contributed by atoms with Crippen LogP contribution in [0.1, 0.15) is 23.2 Å². The molecule has 0 atom stereocenters. The molecule has 1 aliphatic heterocycles. The molecule has 2 aromatic carbocycles. The lowest BCUT2D eigenvalue weighted by atomic mass is 10.2. The minimum absolute atomic E-state index is 0.0593. The number of hydrogen-bond acceptors (Lipinski definition) is 3. The number of rotatable bonds is 4. The number of likely N-dealkylation sites (tertiary alicyclic amines) is 1. The number of anilines is 1. The van der Waals surface area contributed by atoms with Crippen molar-refractivity contribution in [2.24, 2.45) is 0 Å². The molecule has 0 radical (unpaired) electrons. The molecule has 24 heavy (non-hydrogen) atoms. The van der Waals surface area contributed by atoms with Gasteiger partial charge in [0.1, 0.15) is 0 Å². The minimum Gasteiger partial charge on any atom is -0.339 e. The summed E-state index contributed by atoms with van der Waals surface area (Å²) in [6.45, 7) is 1.51. The number of carbonyl (C=O) groups is 1. The lowest BCUT2D eigenvalue weighted by Crippen LogP contribution is -2.27. The van der Waals surface area contributed by atoms with Crippen molar-refractivity contribution >= 4 is 37.5 Å². The predicted molar refractivity (Wildman–Crippen MR) is 96.5 cm³/mol. The second-order valence-electron chi connectivity index (χ2n) is 5.64. The summed E-state index contributed by atoms with van der Waals surface area (Å²) in [6.07, 6.45) is 2.03. The van der Waals surface area contributed by atoms with Crippen LogP contribution >= 0.6 is 15.9 Å². The van der Waals surface area contributed by atoms with Crippen LogP contribution in [0.2, 0.25) is 0 Å². The van der Waals surface area contributed by atoms with E-state index in [-0.39, 0.29) is 10.8 Å². The Labute approximate surface area is 149 Å². The normalized spacial score (nSPS) is 14.6. The maximum absolute atomic E-state index is 12.5. The molecule has 1 aliphatic rings. The van der Waals surface area contributed by atoms with E-state index >= 15 is 0 Å². The average Bonchev–Trinajstić information content (AvgIpc) is 3.08. The first kappa shape index (κ1) is 17.0. The summed E-state index contributed by atoms with van der Waals surface area (Å²) in [7, 11) is -3.70. The third-order valence-corrected chi connectivity index (χ3v) is 5.73. The lowest BCUT2D eigenvalue weighted by molar-refractivity contribution is 0.0793. The molecule has 0 saturated carbocycles. The monoisotopic (exact) mass is 408 g/mol. The van der Waals surface area contributed by atoms with Gasteiger partial charge in [-0.05, 0) is 49.2 Å². The van der Waals surface area contributed by atoms with Crippen LogP contribution in [-0.2, 0) is 10.0 Å². The number of nitrogens with zero attached hydrogens (tertiary/aromatic N) is 1. The van der Waals surface area contributed by atoms with Crippen molar-refractivity contribution in [3.05, 3.63) is 58.6 Å². The SMILES string of the molecule is O=C(c1cccc(NS(=O)(=O)c2cccc(Br)c2)c1)N1CCCC1. The predicted octanol–water partition coefficient (Wildman–Crippen LogP) is 3.49. The molecule has 3 rings (SSSR count). The number of hydrogen-bond donors (Lipinski definition) is 1. The molecule has 126 valence electrons. The van der Waals surface area contributed by atoms with E-state index in [0.717, 1.165) is 25.9 Å². The topological polar surface area (TPSA) is 66.5 Å². The zero-order valence-electron chi connectivity index (χ0n) is 12.9. The zero-order chi connectivity index (χ0) is 17.2. The van der Waals surface area contributed by atoms with Gasteiger partial charge in [0.15, 0.2) is 0 Å². The van der Waals surface area contributed by atoms with Crippen molar-refractivity contribution in [1.82, 2.24) is 4.90 Å². The van der Waals surface area contributed by atoms with Gasteiger partial charge < -0.3 is 4.90 Å². The Balaban J connectivity index is 1.83. The Kier molecular flexibility index (Phi) is 4.91. The van der Waals surface area contributed by atoms with Gasteiger partial charge in [0.05, 0.1) is 4.90 Å². The number of sulfonamides is 1. The maximum Gasteiger partial charge on any atom is 0.261 e. The molecule has 0 aromatic heterocycles. The van der Waals surface area contributed by atoms with Crippen molar-refractivity contribution in [3.8, 4) is 0 Å². The first-order valence-electron chi connectivity index (χ1n) is 7.63. The number of carbonyl (C=O) groups excluding carboxylic acids is 1. The fourth-order valence-corrected chi connectivity index (χ4v) is 4.31. The second-order valence-corrected chi connectivity index (χ2v) is 8.24. The van der Waals surface area contributed by atoms with Gasteiger partial charge in [0.2, 0.25) is 0 Å². The zero-order valence-corrected chi connectivity index (χ0v) is 15.3. The highest BCUT2D eigenvalue weighted by molar-refractivity contribution is 9.10. The van der Waals surface area contributed by atoms with E-state index in [4.69, 9.17) is 0 Å². The van der Waals surface area contributed by atoms with Gasteiger partial charge in [0.25, 0.3) is 15.9 Å². The molecule has 0 unspecified atom stereocenters. The van der Waals surface area contributed by atoms with Crippen LogP contribution in [0.4, 0.5) is 5.69 Å². The number of halogens is 1. The Morgan fingerprint density at radius 1 is 1.04 bits per heavy atom. The molecular formula is C17H17BrN2O3S. The van der Waals surface area contributed by atoms with E-state index in [9.17, 15) is 13.2 Å². The number of benzene rings is 2. The maximum atomic E-state index is 12.5. The van der Waals surface area contributed by atoms with Crippen molar-refractivity contribution in [2.75, 3.05) is 17.8 Å². The average molecular weight is 409 g/mol. The van der Waals surface area contributed by atoms with Crippen LogP contribution in [0.15, 0.2) is 57.9 Å². The molecule has 2 aromatic rings. The summed E-state index contributed by atoms with van der Waals surface area (Å²) in [5.41, 5.74) is 0.867. The van der Waals surface area contributed by atoms with Crippen LogP contribution in [0.25, 0.3) is 0 Å². The third-order valence-electron chi connectivity index (χ3n) is 3.86. The molecule has 1 N–H and O–H groups in total. The highest BCUT2D eigenvalue weighted by Crippen LogP contribution is 2.21. The van der Waals surface area contributed by atoms with Crippen molar-refractivity contribution in [1.29, 1.82) is 0 Å². The Morgan fingerprint density at radius 3 is 2.46 bits per heavy atom. The fraction of sp³-hybridized carbons (Fsp3) is 0.235. The second kappa shape index (κ2) is 6.94. The van der Waals surface area contributed by atoms with E-state index in [2.05, 4.69) is 20.7 Å². The van der Waals surface area contributed by atoms with E-state index in [0.29, 0.717) is 15.7 Å². The first-order chi connectivity index (χ1) is 11.5. The number of amides is 1. The Hall–Kier alpha value is -1.86. The van der Waals surface area contributed by atoms with Gasteiger partial charge in [-0.3, -0.25) is 9.52 Å². The van der Waals surface area contributed by atoms with Crippen LogP contribution in [0.3, 0.4) is 0 Å². The summed E-state index contributed by atoms with van der Waals surface area (Å²) in [6, 6.07) is 13.1. The molecular weight excluding hydrogens is 392 g/mol. The summed E-state index contributed by atoms with van der Waals surface area (Å²) in [5.74, 6) is -0.0593. The summed E-state index contributed by atoms with van der Waals surface area (Å²) >= 11 is 3.27. The minimum atomic E-state index is -3.70. The third kappa shape index (κ3) is 3.79. The smallest absolute Gasteiger partial charge is 0.261 e. The summed E-state index contributed by atoms with van der Waals surface area (Å²) in [4.78, 5) is 14.4. The van der Waals surface area contributed by atoms with E-state index in [1.54, 1.807) is 41.3 Å². The van der Waals surface area contributed by atoms with Crippen LogP contribution in [-0.4, -0.2) is 32.3 Å².